The minimum atomic E-state index is -0.560. The predicted molar refractivity (Wildman–Crippen MR) is 152 cm³/mol. The highest BCUT2D eigenvalue weighted by molar-refractivity contribution is 7.22. The van der Waals surface area contributed by atoms with Crippen LogP contribution in [-0.2, 0) is 16.1 Å². The summed E-state index contributed by atoms with van der Waals surface area (Å²) >= 11 is 14.4. The van der Waals surface area contributed by atoms with Crippen LogP contribution in [-0.4, -0.2) is 42.4 Å². The smallest absolute Gasteiger partial charge is 0.338 e. The number of fused-ring (bicyclic) bond motifs is 2. The zero-order chi connectivity index (χ0) is 27.5. The minimum Gasteiger partial charge on any atom is -0.465 e. The summed E-state index contributed by atoms with van der Waals surface area (Å²) in [4.78, 5) is 18.7. The molecule has 0 amide bonds. The molecule has 40 heavy (non-hydrogen) atoms. The number of hydrogen-bond donors (Lipinski definition) is 0. The molecule has 7 nitrogen and oxygen atoms in total. The first-order valence-electron chi connectivity index (χ1n) is 13.4. The second kappa shape index (κ2) is 10.3. The van der Waals surface area contributed by atoms with Crippen molar-refractivity contribution in [2.24, 2.45) is 11.8 Å². The zero-order valence-electron chi connectivity index (χ0n) is 21.7. The number of benzene rings is 2. The number of carbonyl (C=O) groups is 1. The monoisotopic (exact) mass is 601 g/mol. The minimum absolute atomic E-state index is 0.129. The number of methoxy groups -OCH3 is 1. The number of ether oxygens (including phenoxy) is 2. The van der Waals surface area contributed by atoms with Gasteiger partial charge in [0, 0.05) is 30.1 Å². The molecule has 2 aromatic carbocycles. The average Bonchev–Trinajstić information content (AvgIpc) is 3.24. The number of halogens is 3. The molecule has 1 saturated heterocycles. The van der Waals surface area contributed by atoms with Crippen LogP contribution in [0.2, 0.25) is 10.0 Å². The van der Waals surface area contributed by atoms with Crippen LogP contribution in [0.1, 0.15) is 53.3 Å². The molecule has 0 spiro atoms. The maximum Gasteiger partial charge on any atom is 0.338 e. The Kier molecular flexibility index (Phi) is 6.73. The normalized spacial score (nSPS) is 22.3. The predicted octanol–water partition coefficient (Wildman–Crippen LogP) is 7.49. The van der Waals surface area contributed by atoms with Gasteiger partial charge in [0.1, 0.15) is 17.0 Å². The topological polar surface area (TPSA) is 77.7 Å². The van der Waals surface area contributed by atoms with Gasteiger partial charge in [-0.25, -0.2) is 14.2 Å². The first kappa shape index (κ1) is 26.2. The molecular formula is C29H26Cl2FN3O4S. The van der Waals surface area contributed by atoms with Crippen LogP contribution >= 0.6 is 34.5 Å². The lowest BCUT2D eigenvalue weighted by Gasteiger charge is -2.19. The van der Waals surface area contributed by atoms with Crippen LogP contribution in [0.5, 0.6) is 0 Å². The number of hydrogen-bond acceptors (Lipinski definition) is 8. The van der Waals surface area contributed by atoms with E-state index in [4.69, 9.17) is 37.2 Å². The van der Waals surface area contributed by atoms with Crippen molar-refractivity contribution in [1.82, 2.24) is 10.1 Å². The standard InChI is InChI=1S/C29H26Cl2FN3O4S/c1-37-28(36)15-9-22(32)26-23(10-15)40-29(33-26)35-11-16-7-18(8-17(16)12-35)38-13-19-25(34-39-27(19)14-5-6-14)24-20(30)3-2-4-21(24)31/h2-4,9-10,14,16-18H,5-8,11-13H2,1H3. The van der Waals surface area contributed by atoms with Gasteiger partial charge in [-0.1, -0.05) is 45.8 Å². The number of anilines is 1. The van der Waals surface area contributed by atoms with Crippen LogP contribution in [0.3, 0.4) is 0 Å². The highest BCUT2D eigenvalue weighted by atomic mass is 35.5. The van der Waals surface area contributed by atoms with E-state index in [-0.39, 0.29) is 11.7 Å². The summed E-state index contributed by atoms with van der Waals surface area (Å²) in [5.41, 5.74) is 2.78. The van der Waals surface area contributed by atoms with Crippen molar-refractivity contribution < 1.29 is 23.2 Å². The molecule has 7 rings (SSSR count). The highest BCUT2D eigenvalue weighted by Gasteiger charge is 2.43. The molecule has 2 atom stereocenters. The van der Waals surface area contributed by atoms with Gasteiger partial charge < -0.3 is 18.9 Å². The van der Waals surface area contributed by atoms with Gasteiger partial charge >= 0.3 is 5.97 Å². The molecule has 2 aromatic heterocycles. The number of thiazole rings is 1. The van der Waals surface area contributed by atoms with Crippen molar-refractivity contribution in [3.8, 4) is 11.3 Å². The summed E-state index contributed by atoms with van der Waals surface area (Å²) in [7, 11) is 1.29. The van der Waals surface area contributed by atoms with Crippen molar-refractivity contribution in [3.05, 3.63) is 63.1 Å². The Morgan fingerprint density at radius 1 is 1.18 bits per heavy atom. The number of aromatic nitrogens is 2. The van der Waals surface area contributed by atoms with Gasteiger partial charge in [0.05, 0.1) is 40.1 Å². The van der Waals surface area contributed by atoms with E-state index < -0.39 is 11.8 Å². The molecule has 2 aliphatic carbocycles. The second-order valence-corrected chi connectivity index (χ2v) is 12.7. The van der Waals surface area contributed by atoms with Crippen LogP contribution in [0.25, 0.3) is 21.5 Å². The molecule has 3 heterocycles. The van der Waals surface area contributed by atoms with Crippen LogP contribution in [0.15, 0.2) is 34.9 Å². The first-order chi connectivity index (χ1) is 19.4. The largest absolute Gasteiger partial charge is 0.465 e. The molecule has 0 radical (unpaired) electrons. The van der Waals surface area contributed by atoms with Gasteiger partial charge in [0.25, 0.3) is 0 Å². The number of rotatable bonds is 7. The van der Waals surface area contributed by atoms with E-state index >= 15 is 0 Å². The summed E-state index contributed by atoms with van der Waals surface area (Å²) in [5.74, 6) is 1.12. The molecule has 1 aliphatic heterocycles. The van der Waals surface area contributed by atoms with E-state index in [0.717, 1.165) is 55.2 Å². The maximum atomic E-state index is 14.7. The fourth-order valence-corrected chi connectivity index (χ4v) is 7.75. The lowest BCUT2D eigenvalue weighted by atomic mass is 10.0. The summed E-state index contributed by atoms with van der Waals surface area (Å²) in [5, 5.41) is 6.23. The molecule has 0 N–H and O–H groups in total. The molecule has 3 aliphatic rings. The summed E-state index contributed by atoms with van der Waals surface area (Å²) in [6, 6.07) is 8.27. The first-order valence-corrected chi connectivity index (χ1v) is 14.9. The lowest BCUT2D eigenvalue weighted by molar-refractivity contribution is 0.0403. The molecule has 0 bridgehead atoms. The Bertz CT molecular complexity index is 1590. The Balaban J connectivity index is 1.04. The van der Waals surface area contributed by atoms with Crippen LogP contribution in [0, 0.1) is 17.7 Å². The molecule has 11 heteroatoms. The van der Waals surface area contributed by atoms with Crippen molar-refractivity contribution in [2.45, 2.75) is 44.3 Å². The molecule has 3 fully saturated rings. The lowest BCUT2D eigenvalue weighted by Crippen LogP contribution is -2.23. The molecule has 2 unspecified atom stereocenters. The van der Waals surface area contributed by atoms with E-state index in [1.807, 2.05) is 6.07 Å². The van der Waals surface area contributed by atoms with Crippen molar-refractivity contribution >= 4 is 55.9 Å². The third kappa shape index (κ3) is 4.66. The van der Waals surface area contributed by atoms with E-state index in [9.17, 15) is 9.18 Å². The third-order valence-corrected chi connectivity index (χ3v) is 9.96. The number of esters is 1. The molecule has 4 aromatic rings. The fraction of sp³-hybridized carbons (Fsp3) is 0.414. The van der Waals surface area contributed by atoms with Crippen LogP contribution in [0.4, 0.5) is 9.52 Å². The van der Waals surface area contributed by atoms with Crippen molar-refractivity contribution in [2.75, 3.05) is 25.1 Å². The average molecular weight is 603 g/mol. The fourth-order valence-electron chi connectivity index (χ4n) is 6.13. The second-order valence-electron chi connectivity index (χ2n) is 10.9. The Hall–Kier alpha value is -2.72. The summed E-state index contributed by atoms with van der Waals surface area (Å²) in [6.45, 7) is 2.09. The van der Waals surface area contributed by atoms with E-state index in [2.05, 4.69) is 15.0 Å². The van der Waals surface area contributed by atoms with Crippen molar-refractivity contribution in [1.29, 1.82) is 0 Å². The van der Waals surface area contributed by atoms with E-state index in [1.165, 1.54) is 24.5 Å². The Morgan fingerprint density at radius 3 is 2.58 bits per heavy atom. The SMILES string of the molecule is COC(=O)c1cc(F)c2nc(N3CC4CC(OCc5c(-c6c(Cl)cccc6Cl)noc5C5CC5)CC4C3)sc2c1. The maximum absolute atomic E-state index is 14.7. The van der Waals surface area contributed by atoms with Crippen LogP contribution < -0.4 is 4.90 Å². The van der Waals surface area contributed by atoms with Gasteiger partial charge in [-0.05, 0) is 61.8 Å². The zero-order valence-corrected chi connectivity index (χ0v) is 24.0. The number of nitrogens with zero attached hydrogens (tertiary/aromatic N) is 3. The molecule has 2 saturated carbocycles. The summed E-state index contributed by atoms with van der Waals surface area (Å²) < 4.78 is 32.3. The molecular weight excluding hydrogens is 576 g/mol. The van der Waals surface area contributed by atoms with E-state index in [1.54, 1.807) is 18.2 Å². The van der Waals surface area contributed by atoms with Gasteiger partial charge in [-0.15, -0.1) is 0 Å². The van der Waals surface area contributed by atoms with Gasteiger partial charge in [-0.3, -0.25) is 0 Å². The number of carbonyl (C=O) groups excluding carboxylic acids is 1. The molecule has 208 valence electrons. The van der Waals surface area contributed by atoms with Gasteiger partial charge in [-0.2, -0.15) is 0 Å². The Labute approximate surface area is 244 Å². The highest BCUT2D eigenvalue weighted by Crippen LogP contribution is 2.47. The summed E-state index contributed by atoms with van der Waals surface area (Å²) in [6.07, 6.45) is 4.18. The van der Waals surface area contributed by atoms with Gasteiger partial charge in [0.15, 0.2) is 10.9 Å². The van der Waals surface area contributed by atoms with Gasteiger partial charge in [0.2, 0.25) is 0 Å². The van der Waals surface area contributed by atoms with Crippen molar-refractivity contribution in [3.63, 3.8) is 0 Å². The third-order valence-electron chi connectivity index (χ3n) is 8.27. The Morgan fingerprint density at radius 2 is 1.90 bits per heavy atom. The quantitative estimate of drug-likeness (QED) is 0.203. The van der Waals surface area contributed by atoms with E-state index in [0.29, 0.717) is 55.9 Å².